The molecule has 1 atom stereocenters. The Balaban J connectivity index is 1.75. The van der Waals surface area contributed by atoms with Crippen LogP contribution in [0.1, 0.15) is 19.9 Å². The van der Waals surface area contributed by atoms with E-state index in [9.17, 15) is 18.0 Å². The van der Waals surface area contributed by atoms with Crippen molar-refractivity contribution in [3.63, 3.8) is 0 Å². The Labute approximate surface area is 170 Å². The van der Waals surface area contributed by atoms with E-state index in [1.54, 1.807) is 6.07 Å². The van der Waals surface area contributed by atoms with Gasteiger partial charge in [-0.05, 0) is 23.3 Å². The van der Waals surface area contributed by atoms with E-state index in [0.29, 0.717) is 11.5 Å². The zero-order valence-electron chi connectivity index (χ0n) is 16.3. The summed E-state index contributed by atoms with van der Waals surface area (Å²) in [4.78, 5) is 14.1. The van der Waals surface area contributed by atoms with Gasteiger partial charge in [0.15, 0.2) is 12.6 Å². The highest BCUT2D eigenvalue weighted by atomic mass is 19.4. The molecule has 2 aromatic carbocycles. The summed E-state index contributed by atoms with van der Waals surface area (Å²) in [7, 11) is 0. The zero-order chi connectivity index (χ0) is 21.7. The molecule has 1 unspecified atom stereocenters. The number of carbonyl (C=O) groups is 1. The maximum absolute atomic E-state index is 12.9. The molecule has 30 heavy (non-hydrogen) atoms. The van der Waals surface area contributed by atoms with Crippen molar-refractivity contribution in [1.82, 2.24) is 20.2 Å². The number of anilines is 1. The van der Waals surface area contributed by atoms with Crippen molar-refractivity contribution in [3.05, 3.63) is 54.6 Å². The number of halogens is 3. The number of alkyl halides is 3. The third-order valence-electron chi connectivity index (χ3n) is 4.11. The van der Waals surface area contributed by atoms with Gasteiger partial charge in [-0.3, -0.25) is 4.79 Å². The lowest BCUT2D eigenvalue weighted by Gasteiger charge is -2.19. The summed E-state index contributed by atoms with van der Waals surface area (Å²) in [6.45, 7) is 2.25. The second kappa shape index (κ2) is 8.93. The molecule has 1 N–H and O–H groups in total. The second-order valence-corrected chi connectivity index (χ2v) is 6.91. The third kappa shape index (κ3) is 5.56. The molecule has 0 aliphatic carbocycles. The minimum absolute atomic E-state index is 0.00327. The van der Waals surface area contributed by atoms with Crippen LogP contribution in [-0.2, 0) is 4.79 Å². The van der Waals surface area contributed by atoms with Crippen molar-refractivity contribution in [2.24, 2.45) is 5.92 Å². The molecule has 3 rings (SSSR count). The maximum atomic E-state index is 12.9. The number of nitrogens with one attached hydrogen (secondary N) is 1. The van der Waals surface area contributed by atoms with Crippen LogP contribution in [-0.4, -0.2) is 38.9 Å². The van der Waals surface area contributed by atoms with Gasteiger partial charge >= 0.3 is 6.18 Å². The number of tetrazole rings is 1. The van der Waals surface area contributed by atoms with Gasteiger partial charge in [0.1, 0.15) is 5.75 Å². The van der Waals surface area contributed by atoms with Crippen LogP contribution in [0.3, 0.4) is 0 Å². The Bertz CT molecular complexity index is 989. The standard InChI is InChI=1S/C20H20F3N5O2/c1-13(2)17(28-26-18(25-27-28)14-7-4-3-5-8-14)19(29)24-15-9-6-10-16(11-15)30-12-20(21,22)23/h3-11,13,17H,12H2,1-2H3,(H,24,29). The molecule has 0 aliphatic rings. The number of ether oxygens (including phenoxy) is 1. The molecule has 7 nitrogen and oxygen atoms in total. The lowest BCUT2D eigenvalue weighted by molar-refractivity contribution is -0.153. The van der Waals surface area contributed by atoms with Gasteiger partial charge in [-0.15, -0.1) is 10.2 Å². The molecule has 0 saturated heterocycles. The number of amides is 1. The van der Waals surface area contributed by atoms with E-state index in [1.165, 1.54) is 23.0 Å². The first-order valence-electron chi connectivity index (χ1n) is 9.18. The first-order valence-corrected chi connectivity index (χ1v) is 9.18. The van der Waals surface area contributed by atoms with Crippen LogP contribution in [0.25, 0.3) is 11.4 Å². The van der Waals surface area contributed by atoms with E-state index in [-0.39, 0.29) is 11.7 Å². The van der Waals surface area contributed by atoms with E-state index in [0.717, 1.165) is 5.56 Å². The van der Waals surface area contributed by atoms with Crippen LogP contribution < -0.4 is 10.1 Å². The topological polar surface area (TPSA) is 81.9 Å². The Morgan fingerprint density at radius 1 is 1.13 bits per heavy atom. The summed E-state index contributed by atoms with van der Waals surface area (Å²) in [6, 6.07) is 14.2. The zero-order valence-corrected chi connectivity index (χ0v) is 16.3. The smallest absolute Gasteiger partial charge is 0.422 e. The van der Waals surface area contributed by atoms with Crippen LogP contribution in [0.2, 0.25) is 0 Å². The molecule has 0 radical (unpaired) electrons. The first-order chi connectivity index (χ1) is 14.2. The average Bonchev–Trinajstić information content (AvgIpc) is 3.16. The molecule has 158 valence electrons. The van der Waals surface area contributed by atoms with E-state index in [2.05, 4.69) is 20.7 Å². The highest BCUT2D eigenvalue weighted by Crippen LogP contribution is 2.24. The molecular formula is C20H20F3N5O2. The number of hydrogen-bond donors (Lipinski definition) is 1. The third-order valence-corrected chi connectivity index (χ3v) is 4.11. The van der Waals surface area contributed by atoms with Gasteiger partial charge in [0.05, 0.1) is 0 Å². The van der Waals surface area contributed by atoms with E-state index >= 15 is 0 Å². The van der Waals surface area contributed by atoms with Gasteiger partial charge in [-0.1, -0.05) is 50.2 Å². The molecule has 1 heterocycles. The van der Waals surface area contributed by atoms with Crippen molar-refractivity contribution in [2.45, 2.75) is 26.1 Å². The van der Waals surface area contributed by atoms with Crippen LogP contribution in [0.4, 0.5) is 18.9 Å². The molecule has 0 bridgehead atoms. The molecule has 1 aromatic heterocycles. The fraction of sp³-hybridized carbons (Fsp3) is 0.300. The summed E-state index contributed by atoms with van der Waals surface area (Å²) < 4.78 is 41.7. The van der Waals surface area contributed by atoms with Crippen molar-refractivity contribution in [2.75, 3.05) is 11.9 Å². The Morgan fingerprint density at radius 2 is 1.87 bits per heavy atom. The van der Waals surface area contributed by atoms with Crippen molar-refractivity contribution < 1.29 is 22.7 Å². The molecule has 0 fully saturated rings. The maximum Gasteiger partial charge on any atom is 0.422 e. The summed E-state index contributed by atoms with van der Waals surface area (Å²) >= 11 is 0. The summed E-state index contributed by atoms with van der Waals surface area (Å²) in [6.07, 6.45) is -4.45. The molecule has 3 aromatic rings. The van der Waals surface area contributed by atoms with Gasteiger partial charge in [-0.2, -0.15) is 18.0 Å². The number of benzene rings is 2. The minimum Gasteiger partial charge on any atom is -0.484 e. The van der Waals surface area contributed by atoms with Gasteiger partial charge in [0.2, 0.25) is 5.82 Å². The van der Waals surface area contributed by atoms with Crippen LogP contribution in [0.5, 0.6) is 5.75 Å². The molecule has 10 heteroatoms. The second-order valence-electron chi connectivity index (χ2n) is 6.91. The van der Waals surface area contributed by atoms with Gasteiger partial charge in [0.25, 0.3) is 5.91 Å². The van der Waals surface area contributed by atoms with Crippen molar-refractivity contribution >= 4 is 11.6 Å². The normalized spacial score (nSPS) is 12.6. The van der Waals surface area contributed by atoms with E-state index < -0.39 is 24.7 Å². The van der Waals surface area contributed by atoms with Crippen molar-refractivity contribution in [1.29, 1.82) is 0 Å². The summed E-state index contributed by atoms with van der Waals surface area (Å²) in [5.74, 6) is -0.212. The predicted molar refractivity (Wildman–Crippen MR) is 104 cm³/mol. The van der Waals surface area contributed by atoms with Crippen LogP contribution in [0, 0.1) is 5.92 Å². The molecule has 0 aliphatic heterocycles. The van der Waals surface area contributed by atoms with Crippen LogP contribution >= 0.6 is 0 Å². The fourth-order valence-electron chi connectivity index (χ4n) is 2.77. The predicted octanol–water partition coefficient (Wildman–Crippen LogP) is 4.12. The number of nitrogens with zero attached hydrogens (tertiary/aromatic N) is 4. The largest absolute Gasteiger partial charge is 0.484 e. The van der Waals surface area contributed by atoms with Gasteiger partial charge < -0.3 is 10.1 Å². The Kier molecular flexibility index (Phi) is 6.34. The minimum atomic E-state index is -4.45. The number of carbonyl (C=O) groups excluding carboxylic acids is 1. The van der Waals surface area contributed by atoms with E-state index in [1.807, 2.05) is 44.2 Å². The average molecular weight is 419 g/mol. The van der Waals surface area contributed by atoms with Gasteiger partial charge in [0, 0.05) is 17.3 Å². The highest BCUT2D eigenvalue weighted by Gasteiger charge is 2.29. The van der Waals surface area contributed by atoms with Gasteiger partial charge in [-0.25, -0.2) is 0 Å². The number of aromatic nitrogens is 4. The molecule has 0 saturated carbocycles. The number of hydrogen-bond acceptors (Lipinski definition) is 5. The summed E-state index contributed by atoms with van der Waals surface area (Å²) in [5.41, 5.74) is 1.06. The Hall–Kier alpha value is -3.43. The van der Waals surface area contributed by atoms with Crippen molar-refractivity contribution in [3.8, 4) is 17.1 Å². The molecule has 0 spiro atoms. The quantitative estimate of drug-likeness (QED) is 0.623. The lowest BCUT2D eigenvalue weighted by atomic mass is 10.0. The highest BCUT2D eigenvalue weighted by molar-refractivity contribution is 5.93. The number of rotatable bonds is 7. The SMILES string of the molecule is CC(C)C(C(=O)Nc1cccc(OCC(F)(F)F)c1)n1nnc(-c2ccccc2)n1. The van der Waals surface area contributed by atoms with Crippen LogP contribution in [0.15, 0.2) is 54.6 Å². The monoisotopic (exact) mass is 419 g/mol. The summed E-state index contributed by atoms with van der Waals surface area (Å²) in [5, 5.41) is 15.0. The lowest BCUT2D eigenvalue weighted by Crippen LogP contribution is -2.31. The Morgan fingerprint density at radius 3 is 2.53 bits per heavy atom. The van der Waals surface area contributed by atoms with E-state index in [4.69, 9.17) is 4.74 Å². The molecule has 1 amide bonds. The fourth-order valence-corrected chi connectivity index (χ4v) is 2.77. The first kappa shape index (κ1) is 21.3. The molecular weight excluding hydrogens is 399 g/mol.